The van der Waals surface area contributed by atoms with Gasteiger partial charge in [0.2, 0.25) is 0 Å². The summed E-state index contributed by atoms with van der Waals surface area (Å²) < 4.78 is 0. The average Bonchev–Trinajstić information content (AvgIpc) is 2.95. The number of para-hydroxylation sites is 2. The van der Waals surface area contributed by atoms with Crippen LogP contribution in [0.1, 0.15) is 41.2 Å². The van der Waals surface area contributed by atoms with Gasteiger partial charge in [0.15, 0.2) is 5.78 Å². The highest BCUT2D eigenvalue weighted by atomic mass is 35.5. The van der Waals surface area contributed by atoms with Crippen molar-refractivity contribution >= 4 is 46.3 Å². The summed E-state index contributed by atoms with van der Waals surface area (Å²) in [5, 5.41) is 4.62. The summed E-state index contributed by atoms with van der Waals surface area (Å²) in [5.41, 5.74) is 4.36. The van der Waals surface area contributed by atoms with Gasteiger partial charge in [0.05, 0.1) is 17.4 Å². The van der Waals surface area contributed by atoms with E-state index in [1.54, 1.807) is 41.3 Å². The minimum Gasteiger partial charge on any atom is -0.357 e. The standard InChI is InChI=1S/C26H20Cl2N2O2/c27-18-12-8-16(9-13-18)25-24-21(5-3-7-23(24)31)29-20-4-1-2-6-22(20)30(25)26(32)17-10-14-19(28)15-11-17/h1-2,4,6,8-15,25,29H,3,5,7H2. The molecule has 4 nitrogen and oxygen atoms in total. The summed E-state index contributed by atoms with van der Waals surface area (Å²) in [6, 6.07) is 21.3. The molecule has 1 unspecified atom stereocenters. The number of benzene rings is 3. The van der Waals surface area contributed by atoms with Crippen LogP contribution in [-0.4, -0.2) is 11.7 Å². The molecule has 0 radical (unpaired) electrons. The maximum Gasteiger partial charge on any atom is 0.259 e. The topological polar surface area (TPSA) is 49.4 Å². The number of hydrogen-bond acceptors (Lipinski definition) is 3. The molecule has 6 heteroatoms. The van der Waals surface area contributed by atoms with Gasteiger partial charge in [-0.05, 0) is 66.9 Å². The first-order valence-electron chi connectivity index (χ1n) is 10.5. The van der Waals surface area contributed by atoms with Crippen LogP contribution in [0.25, 0.3) is 0 Å². The summed E-state index contributed by atoms with van der Waals surface area (Å²) in [4.78, 5) is 28.9. The number of allylic oxidation sites excluding steroid dienone is 1. The molecule has 32 heavy (non-hydrogen) atoms. The molecule has 0 spiro atoms. The Bertz CT molecular complexity index is 1230. The van der Waals surface area contributed by atoms with Gasteiger partial charge < -0.3 is 5.32 Å². The molecule has 1 heterocycles. The number of anilines is 2. The number of halogens is 2. The maximum atomic E-state index is 14.0. The molecule has 5 rings (SSSR count). The van der Waals surface area contributed by atoms with E-state index in [4.69, 9.17) is 23.2 Å². The van der Waals surface area contributed by atoms with Crippen LogP contribution < -0.4 is 10.2 Å². The molecule has 2 aliphatic rings. The van der Waals surface area contributed by atoms with Crippen LogP contribution in [0.3, 0.4) is 0 Å². The van der Waals surface area contributed by atoms with Gasteiger partial charge in [-0.25, -0.2) is 0 Å². The molecule has 160 valence electrons. The van der Waals surface area contributed by atoms with Crippen LogP contribution in [0, 0.1) is 0 Å². The Morgan fingerprint density at radius 1 is 0.875 bits per heavy atom. The highest BCUT2D eigenvalue weighted by molar-refractivity contribution is 6.31. The van der Waals surface area contributed by atoms with Gasteiger partial charge in [-0.2, -0.15) is 0 Å². The van der Waals surface area contributed by atoms with Crippen molar-refractivity contribution < 1.29 is 9.59 Å². The lowest BCUT2D eigenvalue weighted by molar-refractivity contribution is -0.116. The Morgan fingerprint density at radius 3 is 2.25 bits per heavy atom. The van der Waals surface area contributed by atoms with Gasteiger partial charge in [0.25, 0.3) is 5.91 Å². The van der Waals surface area contributed by atoms with E-state index in [2.05, 4.69) is 5.32 Å². The van der Waals surface area contributed by atoms with Crippen LogP contribution >= 0.6 is 23.2 Å². The second kappa shape index (κ2) is 8.45. The molecule has 1 atom stereocenters. The minimum absolute atomic E-state index is 0.0559. The predicted octanol–water partition coefficient (Wildman–Crippen LogP) is 6.81. The van der Waals surface area contributed by atoms with E-state index < -0.39 is 6.04 Å². The lowest BCUT2D eigenvalue weighted by Crippen LogP contribution is -2.38. The third-order valence-electron chi connectivity index (χ3n) is 5.93. The van der Waals surface area contributed by atoms with Gasteiger partial charge in [-0.3, -0.25) is 14.5 Å². The van der Waals surface area contributed by atoms with Crippen molar-refractivity contribution in [2.24, 2.45) is 0 Å². The summed E-state index contributed by atoms with van der Waals surface area (Å²) in [6.45, 7) is 0. The van der Waals surface area contributed by atoms with E-state index in [1.165, 1.54) is 0 Å². The van der Waals surface area contributed by atoms with E-state index >= 15 is 0 Å². The third-order valence-corrected chi connectivity index (χ3v) is 6.44. The normalized spacial score (nSPS) is 17.9. The number of carbonyl (C=O) groups is 2. The monoisotopic (exact) mass is 462 g/mol. The van der Waals surface area contributed by atoms with Crippen molar-refractivity contribution in [2.75, 3.05) is 10.2 Å². The number of carbonyl (C=O) groups excluding carboxylic acids is 2. The second-order valence-electron chi connectivity index (χ2n) is 7.95. The zero-order chi connectivity index (χ0) is 22.2. The highest BCUT2D eigenvalue weighted by Gasteiger charge is 2.39. The van der Waals surface area contributed by atoms with Crippen LogP contribution in [0.2, 0.25) is 10.0 Å². The van der Waals surface area contributed by atoms with Crippen LogP contribution in [-0.2, 0) is 4.79 Å². The van der Waals surface area contributed by atoms with Crippen molar-refractivity contribution in [3.8, 4) is 0 Å². The number of nitrogens with zero attached hydrogens (tertiary/aromatic N) is 1. The summed E-state index contributed by atoms with van der Waals surface area (Å²) in [6.07, 6.45) is 2.00. The number of Topliss-reactive ketones (excluding diaryl/α,β-unsaturated/α-hetero) is 1. The summed E-state index contributed by atoms with van der Waals surface area (Å²) in [7, 11) is 0. The lowest BCUT2D eigenvalue weighted by atomic mass is 9.85. The number of rotatable bonds is 2. The Hall–Kier alpha value is -3.08. The van der Waals surface area contributed by atoms with Gasteiger partial charge >= 0.3 is 0 Å². The molecule has 1 aliphatic carbocycles. The molecule has 0 bridgehead atoms. The van der Waals surface area contributed by atoms with Crippen molar-refractivity contribution in [2.45, 2.75) is 25.3 Å². The van der Waals surface area contributed by atoms with Crippen LogP contribution in [0.4, 0.5) is 11.4 Å². The first-order valence-corrected chi connectivity index (χ1v) is 11.3. The zero-order valence-electron chi connectivity index (χ0n) is 17.1. The van der Waals surface area contributed by atoms with E-state index in [0.29, 0.717) is 27.6 Å². The average molecular weight is 463 g/mol. The molecule has 0 saturated carbocycles. The van der Waals surface area contributed by atoms with Crippen molar-refractivity contribution in [3.05, 3.63) is 105 Å². The third kappa shape index (κ3) is 3.70. The number of fused-ring (bicyclic) bond motifs is 1. The molecule has 0 saturated heterocycles. The van der Waals surface area contributed by atoms with E-state index in [1.807, 2.05) is 36.4 Å². The molecule has 0 aromatic heterocycles. The Morgan fingerprint density at radius 2 is 1.53 bits per heavy atom. The van der Waals surface area contributed by atoms with Gasteiger partial charge in [-0.1, -0.05) is 47.5 Å². The first kappa shape index (κ1) is 20.8. The number of nitrogens with one attached hydrogen (secondary N) is 1. The molecular formula is C26H20Cl2N2O2. The van der Waals surface area contributed by atoms with Gasteiger partial charge in [0, 0.05) is 33.3 Å². The zero-order valence-corrected chi connectivity index (χ0v) is 18.7. The quantitative estimate of drug-likeness (QED) is 0.454. The predicted molar refractivity (Wildman–Crippen MR) is 128 cm³/mol. The second-order valence-corrected chi connectivity index (χ2v) is 8.82. The summed E-state index contributed by atoms with van der Waals surface area (Å²) >= 11 is 12.2. The fourth-order valence-corrected chi connectivity index (χ4v) is 4.70. The van der Waals surface area contributed by atoms with E-state index in [0.717, 1.165) is 35.5 Å². The van der Waals surface area contributed by atoms with E-state index in [9.17, 15) is 9.59 Å². The molecule has 1 aliphatic heterocycles. The molecule has 1 N–H and O–H groups in total. The van der Waals surface area contributed by atoms with E-state index in [-0.39, 0.29) is 11.7 Å². The fraction of sp³-hybridized carbons (Fsp3) is 0.154. The van der Waals surface area contributed by atoms with Crippen LogP contribution in [0.5, 0.6) is 0 Å². The Labute approximate surface area is 196 Å². The molecular weight excluding hydrogens is 443 g/mol. The smallest absolute Gasteiger partial charge is 0.259 e. The molecule has 1 amide bonds. The largest absolute Gasteiger partial charge is 0.357 e. The lowest BCUT2D eigenvalue weighted by Gasteiger charge is -2.34. The summed E-state index contributed by atoms with van der Waals surface area (Å²) in [5.74, 6) is -0.150. The fourth-order valence-electron chi connectivity index (χ4n) is 4.45. The number of ketones is 1. The molecule has 3 aromatic carbocycles. The molecule has 3 aromatic rings. The first-order chi connectivity index (χ1) is 15.5. The maximum absolute atomic E-state index is 14.0. The van der Waals surface area contributed by atoms with Crippen molar-refractivity contribution in [3.63, 3.8) is 0 Å². The van der Waals surface area contributed by atoms with Gasteiger partial charge in [0.1, 0.15) is 0 Å². The highest BCUT2D eigenvalue weighted by Crippen LogP contribution is 2.45. The minimum atomic E-state index is -0.575. The SMILES string of the molecule is O=C1CCCC2=C1C(c1ccc(Cl)cc1)N(C(=O)c1ccc(Cl)cc1)c1ccccc1N2. The van der Waals surface area contributed by atoms with Crippen molar-refractivity contribution in [1.82, 2.24) is 0 Å². The Balaban J connectivity index is 1.77. The number of hydrogen-bond donors (Lipinski definition) is 1. The van der Waals surface area contributed by atoms with Crippen molar-refractivity contribution in [1.29, 1.82) is 0 Å². The van der Waals surface area contributed by atoms with Crippen LogP contribution in [0.15, 0.2) is 84.1 Å². The van der Waals surface area contributed by atoms with Gasteiger partial charge in [-0.15, -0.1) is 0 Å². The Kier molecular flexibility index (Phi) is 5.50. The molecule has 0 fully saturated rings. The number of amides is 1.